The largest absolute Gasteiger partial charge is 0.392 e. The van der Waals surface area contributed by atoms with Crippen molar-refractivity contribution >= 4 is 11.6 Å². The summed E-state index contributed by atoms with van der Waals surface area (Å²) in [6, 6.07) is 12.4. The summed E-state index contributed by atoms with van der Waals surface area (Å²) in [5.41, 5.74) is 3.11. The van der Waals surface area contributed by atoms with E-state index in [0.717, 1.165) is 23.2 Å². The Morgan fingerprint density at radius 3 is 2.68 bits per heavy atom. The van der Waals surface area contributed by atoms with Gasteiger partial charge >= 0.3 is 0 Å². The molecule has 1 atom stereocenters. The van der Waals surface area contributed by atoms with E-state index in [2.05, 4.69) is 17.6 Å². The summed E-state index contributed by atoms with van der Waals surface area (Å²) in [5, 5.41) is 15.3. The number of nitrogens with one attached hydrogen (secondary N) is 2. The van der Waals surface area contributed by atoms with Crippen LogP contribution in [0.2, 0.25) is 0 Å². The van der Waals surface area contributed by atoms with Crippen molar-refractivity contribution in [2.45, 2.75) is 45.9 Å². The van der Waals surface area contributed by atoms with Crippen molar-refractivity contribution in [1.82, 2.24) is 5.32 Å². The van der Waals surface area contributed by atoms with Gasteiger partial charge in [-0.15, -0.1) is 0 Å². The first-order chi connectivity index (χ1) is 12.0. The van der Waals surface area contributed by atoms with Crippen molar-refractivity contribution in [3.63, 3.8) is 0 Å². The Kier molecular flexibility index (Phi) is 7.10. The molecule has 0 aromatic heterocycles. The normalized spacial score (nSPS) is 12.0. The molecule has 2 rings (SSSR count). The lowest BCUT2D eigenvalue weighted by Crippen LogP contribution is -2.30. The van der Waals surface area contributed by atoms with Crippen molar-refractivity contribution in [3.8, 4) is 0 Å². The van der Waals surface area contributed by atoms with Crippen LogP contribution in [0.15, 0.2) is 42.5 Å². The third kappa shape index (κ3) is 5.66. The minimum absolute atomic E-state index is 0.0311. The first kappa shape index (κ1) is 19.1. The maximum Gasteiger partial charge on any atom is 0.225 e. The Balaban J connectivity index is 1.85. The van der Waals surface area contributed by atoms with E-state index in [1.807, 2.05) is 31.2 Å². The van der Waals surface area contributed by atoms with Gasteiger partial charge in [-0.05, 0) is 42.7 Å². The van der Waals surface area contributed by atoms with Gasteiger partial charge in [0.1, 0.15) is 5.82 Å². The van der Waals surface area contributed by atoms with Crippen LogP contribution in [-0.4, -0.2) is 17.1 Å². The van der Waals surface area contributed by atoms with Gasteiger partial charge in [0.2, 0.25) is 5.91 Å². The molecule has 5 heteroatoms. The topological polar surface area (TPSA) is 61.4 Å². The van der Waals surface area contributed by atoms with E-state index in [1.54, 1.807) is 12.1 Å². The fourth-order valence-electron chi connectivity index (χ4n) is 2.65. The second kappa shape index (κ2) is 9.30. The van der Waals surface area contributed by atoms with Gasteiger partial charge in [0.25, 0.3) is 0 Å². The zero-order valence-corrected chi connectivity index (χ0v) is 14.7. The SMILES string of the molecule is CCc1ccccc1NC(=O)CC(C)NCc1ccc(F)c(CO)c1. The van der Waals surface area contributed by atoms with Gasteiger partial charge < -0.3 is 15.7 Å². The number of hydrogen-bond donors (Lipinski definition) is 3. The van der Waals surface area contributed by atoms with Crippen LogP contribution >= 0.6 is 0 Å². The number of hydrogen-bond acceptors (Lipinski definition) is 3. The summed E-state index contributed by atoms with van der Waals surface area (Å²) >= 11 is 0. The molecule has 0 saturated carbocycles. The molecule has 0 fully saturated rings. The number of aliphatic hydroxyl groups is 1. The minimum atomic E-state index is -0.409. The Morgan fingerprint density at radius 1 is 1.20 bits per heavy atom. The van der Waals surface area contributed by atoms with Crippen LogP contribution in [0.25, 0.3) is 0 Å². The quantitative estimate of drug-likeness (QED) is 0.688. The fraction of sp³-hybridized carbons (Fsp3) is 0.350. The molecule has 0 aliphatic heterocycles. The highest BCUT2D eigenvalue weighted by molar-refractivity contribution is 5.91. The van der Waals surface area contributed by atoms with Gasteiger partial charge in [0, 0.05) is 30.3 Å². The van der Waals surface area contributed by atoms with E-state index in [9.17, 15) is 9.18 Å². The fourth-order valence-corrected chi connectivity index (χ4v) is 2.65. The lowest BCUT2D eigenvalue weighted by Gasteiger charge is -2.15. The maximum atomic E-state index is 13.4. The van der Waals surface area contributed by atoms with Crippen molar-refractivity contribution in [1.29, 1.82) is 0 Å². The smallest absolute Gasteiger partial charge is 0.225 e. The van der Waals surface area contributed by atoms with Crippen LogP contribution in [0.5, 0.6) is 0 Å². The molecule has 0 bridgehead atoms. The van der Waals surface area contributed by atoms with E-state index >= 15 is 0 Å². The lowest BCUT2D eigenvalue weighted by molar-refractivity contribution is -0.116. The summed E-state index contributed by atoms with van der Waals surface area (Å²) < 4.78 is 13.4. The molecule has 25 heavy (non-hydrogen) atoms. The first-order valence-electron chi connectivity index (χ1n) is 8.52. The number of halogens is 1. The van der Waals surface area contributed by atoms with E-state index in [4.69, 9.17) is 5.11 Å². The van der Waals surface area contributed by atoms with Crippen LogP contribution in [0.3, 0.4) is 0 Å². The third-order valence-electron chi connectivity index (χ3n) is 4.10. The van der Waals surface area contributed by atoms with E-state index < -0.39 is 5.82 Å². The van der Waals surface area contributed by atoms with Gasteiger partial charge in [0.05, 0.1) is 6.61 Å². The molecule has 0 heterocycles. The average molecular weight is 344 g/mol. The van der Waals surface area contributed by atoms with Gasteiger partial charge in [-0.25, -0.2) is 4.39 Å². The van der Waals surface area contributed by atoms with Crippen LogP contribution in [0, 0.1) is 5.82 Å². The molecule has 0 aliphatic rings. The van der Waals surface area contributed by atoms with E-state index in [-0.39, 0.29) is 24.1 Å². The first-order valence-corrected chi connectivity index (χ1v) is 8.52. The van der Waals surface area contributed by atoms with Crippen molar-refractivity contribution in [2.75, 3.05) is 5.32 Å². The highest BCUT2D eigenvalue weighted by atomic mass is 19.1. The molecule has 1 unspecified atom stereocenters. The standard InChI is InChI=1S/C20H25FN2O2/c1-3-16-6-4-5-7-19(16)23-20(25)10-14(2)22-12-15-8-9-18(21)17(11-15)13-24/h4-9,11,14,22,24H,3,10,12-13H2,1-2H3,(H,23,25). The van der Waals surface area contributed by atoms with Crippen molar-refractivity contribution in [2.24, 2.45) is 0 Å². The Hall–Kier alpha value is -2.24. The third-order valence-corrected chi connectivity index (χ3v) is 4.10. The van der Waals surface area contributed by atoms with Crippen molar-refractivity contribution in [3.05, 3.63) is 65.0 Å². The van der Waals surface area contributed by atoms with Crippen LogP contribution in [0.1, 0.15) is 37.0 Å². The molecule has 3 N–H and O–H groups in total. The molecule has 1 amide bonds. The maximum absolute atomic E-state index is 13.4. The number of anilines is 1. The molecule has 0 aliphatic carbocycles. The molecular weight excluding hydrogens is 319 g/mol. The zero-order chi connectivity index (χ0) is 18.2. The second-order valence-electron chi connectivity index (χ2n) is 6.13. The van der Waals surface area contributed by atoms with Gasteiger partial charge in [-0.2, -0.15) is 0 Å². The number of carbonyl (C=O) groups excluding carboxylic acids is 1. The Bertz CT molecular complexity index is 719. The number of para-hydroxylation sites is 1. The van der Waals surface area contributed by atoms with Gasteiger partial charge in [0.15, 0.2) is 0 Å². The van der Waals surface area contributed by atoms with Gasteiger partial charge in [-0.3, -0.25) is 4.79 Å². The number of carbonyl (C=O) groups is 1. The predicted octanol–water partition coefficient (Wildman–Crippen LogP) is 3.39. The Morgan fingerprint density at radius 2 is 1.96 bits per heavy atom. The Labute approximate surface area is 148 Å². The molecule has 2 aromatic carbocycles. The summed E-state index contributed by atoms with van der Waals surface area (Å²) in [6.45, 7) is 4.17. The molecule has 134 valence electrons. The number of amides is 1. The molecule has 0 radical (unpaired) electrons. The lowest BCUT2D eigenvalue weighted by atomic mass is 10.1. The molecule has 4 nitrogen and oxygen atoms in total. The zero-order valence-electron chi connectivity index (χ0n) is 14.7. The van der Waals surface area contributed by atoms with Crippen molar-refractivity contribution < 1.29 is 14.3 Å². The monoisotopic (exact) mass is 344 g/mol. The highest BCUT2D eigenvalue weighted by Gasteiger charge is 2.11. The summed E-state index contributed by atoms with van der Waals surface area (Å²) in [5.74, 6) is -0.454. The van der Waals surface area contributed by atoms with Gasteiger partial charge in [-0.1, -0.05) is 31.2 Å². The second-order valence-corrected chi connectivity index (χ2v) is 6.13. The van der Waals surface area contributed by atoms with E-state index in [1.165, 1.54) is 6.07 Å². The average Bonchev–Trinajstić information content (AvgIpc) is 2.61. The predicted molar refractivity (Wildman–Crippen MR) is 97.7 cm³/mol. The summed E-state index contributed by atoms with van der Waals surface area (Å²) in [4.78, 5) is 12.2. The minimum Gasteiger partial charge on any atom is -0.392 e. The number of rotatable bonds is 8. The van der Waals surface area contributed by atoms with Crippen LogP contribution in [0.4, 0.5) is 10.1 Å². The van der Waals surface area contributed by atoms with E-state index in [0.29, 0.717) is 13.0 Å². The molecule has 2 aromatic rings. The van der Waals surface area contributed by atoms with Crippen LogP contribution in [-0.2, 0) is 24.4 Å². The summed E-state index contributed by atoms with van der Waals surface area (Å²) in [6.07, 6.45) is 1.20. The molecular formula is C20H25FN2O2. The number of benzene rings is 2. The van der Waals surface area contributed by atoms with Crippen LogP contribution < -0.4 is 10.6 Å². The highest BCUT2D eigenvalue weighted by Crippen LogP contribution is 2.16. The molecule has 0 spiro atoms. The number of aryl methyl sites for hydroxylation is 1. The summed E-state index contributed by atoms with van der Waals surface area (Å²) in [7, 11) is 0. The number of aliphatic hydroxyl groups excluding tert-OH is 1. The molecule has 0 saturated heterocycles.